The van der Waals surface area contributed by atoms with Gasteiger partial charge in [0.25, 0.3) is 0 Å². The zero-order valence-electron chi connectivity index (χ0n) is 10.5. The molecule has 0 radical (unpaired) electrons. The third kappa shape index (κ3) is 2.14. The minimum absolute atomic E-state index is 0.264. The fourth-order valence-corrected chi connectivity index (χ4v) is 4.17. The van der Waals surface area contributed by atoms with Gasteiger partial charge in [0.2, 0.25) is 5.95 Å². The predicted octanol–water partition coefficient (Wildman–Crippen LogP) is 2.61. The molecule has 3 heterocycles. The van der Waals surface area contributed by atoms with Crippen molar-refractivity contribution in [2.45, 2.75) is 18.6 Å². The fraction of sp³-hybridized carbons (Fsp3) is 0.500. The number of nitrogens with two attached hydrogens (primary N) is 1. The van der Waals surface area contributed by atoms with Gasteiger partial charge in [-0.1, -0.05) is 0 Å². The predicted molar refractivity (Wildman–Crippen MR) is 80.6 cm³/mol. The number of thioether (sulfide) groups is 1. The summed E-state index contributed by atoms with van der Waals surface area (Å²) in [6.07, 6.45) is 0. The van der Waals surface area contributed by atoms with Crippen molar-refractivity contribution in [3.05, 3.63) is 11.4 Å². The maximum atomic E-state index is 5.81. The number of fused-ring (bicyclic) bond motifs is 1. The van der Waals surface area contributed by atoms with Gasteiger partial charge in [-0.05, 0) is 25.3 Å². The third-order valence-electron chi connectivity index (χ3n) is 3.05. The molecule has 0 aromatic carbocycles. The monoisotopic (exact) mass is 280 g/mol. The highest BCUT2D eigenvalue weighted by Gasteiger charge is 2.29. The summed E-state index contributed by atoms with van der Waals surface area (Å²) in [7, 11) is 0. The van der Waals surface area contributed by atoms with Crippen LogP contribution >= 0.6 is 23.1 Å². The fourth-order valence-electron chi connectivity index (χ4n) is 2.29. The Kier molecular flexibility index (Phi) is 2.86. The molecule has 1 fully saturated rings. The molecule has 3 rings (SSSR count). The van der Waals surface area contributed by atoms with E-state index in [-0.39, 0.29) is 4.75 Å². The first-order chi connectivity index (χ1) is 8.55. The lowest BCUT2D eigenvalue weighted by Crippen LogP contribution is -2.43. The van der Waals surface area contributed by atoms with Gasteiger partial charge in [-0.2, -0.15) is 16.7 Å². The Labute approximate surface area is 115 Å². The molecule has 2 aromatic rings. The SMILES string of the molecule is CC1(C)CN(c2nc(N)nc3sccc23)CCS1. The summed E-state index contributed by atoms with van der Waals surface area (Å²) < 4.78 is 0.264. The Hall–Kier alpha value is -1.01. The molecule has 1 saturated heterocycles. The zero-order chi connectivity index (χ0) is 12.8. The van der Waals surface area contributed by atoms with Gasteiger partial charge in [-0.3, -0.25) is 0 Å². The summed E-state index contributed by atoms with van der Waals surface area (Å²) in [5.74, 6) is 2.49. The van der Waals surface area contributed by atoms with Crippen molar-refractivity contribution < 1.29 is 0 Å². The van der Waals surface area contributed by atoms with Crippen molar-refractivity contribution in [2.75, 3.05) is 29.5 Å². The molecule has 96 valence electrons. The lowest BCUT2D eigenvalue weighted by Gasteiger charge is -2.38. The van der Waals surface area contributed by atoms with Gasteiger partial charge >= 0.3 is 0 Å². The van der Waals surface area contributed by atoms with Crippen LogP contribution < -0.4 is 10.6 Å². The van der Waals surface area contributed by atoms with Crippen molar-refractivity contribution in [2.24, 2.45) is 0 Å². The number of thiophene rings is 1. The Morgan fingerprint density at radius 2 is 2.22 bits per heavy atom. The van der Waals surface area contributed by atoms with Crippen molar-refractivity contribution in [1.82, 2.24) is 9.97 Å². The average molecular weight is 280 g/mol. The van der Waals surface area contributed by atoms with E-state index < -0.39 is 0 Å². The second kappa shape index (κ2) is 4.28. The number of anilines is 2. The van der Waals surface area contributed by atoms with Gasteiger partial charge in [0.05, 0.1) is 5.39 Å². The summed E-state index contributed by atoms with van der Waals surface area (Å²) in [6.45, 7) is 6.58. The molecular formula is C12H16N4S2. The molecule has 0 atom stereocenters. The number of nitrogen functional groups attached to an aromatic ring is 1. The smallest absolute Gasteiger partial charge is 0.223 e. The van der Waals surface area contributed by atoms with Gasteiger partial charge in [-0.15, -0.1) is 11.3 Å². The van der Waals surface area contributed by atoms with Crippen LogP contribution in [0.4, 0.5) is 11.8 Å². The molecule has 0 spiro atoms. The zero-order valence-corrected chi connectivity index (χ0v) is 12.1. The van der Waals surface area contributed by atoms with Crippen LogP contribution in [-0.4, -0.2) is 33.6 Å². The minimum Gasteiger partial charge on any atom is -0.368 e. The van der Waals surface area contributed by atoms with Crippen LogP contribution in [0.25, 0.3) is 10.2 Å². The molecule has 4 nitrogen and oxygen atoms in total. The molecule has 6 heteroatoms. The Bertz CT molecular complexity index is 578. The molecule has 0 saturated carbocycles. The van der Waals surface area contributed by atoms with E-state index in [1.54, 1.807) is 11.3 Å². The quantitative estimate of drug-likeness (QED) is 0.870. The van der Waals surface area contributed by atoms with Crippen molar-refractivity contribution >= 4 is 45.1 Å². The summed E-state index contributed by atoms with van der Waals surface area (Å²) >= 11 is 3.63. The van der Waals surface area contributed by atoms with E-state index in [1.807, 2.05) is 17.1 Å². The Morgan fingerprint density at radius 1 is 1.39 bits per heavy atom. The summed E-state index contributed by atoms with van der Waals surface area (Å²) in [5, 5.41) is 3.17. The van der Waals surface area contributed by atoms with Crippen LogP contribution in [0, 0.1) is 0 Å². The van der Waals surface area contributed by atoms with Gasteiger partial charge < -0.3 is 10.6 Å². The van der Waals surface area contributed by atoms with Crippen LogP contribution in [0.5, 0.6) is 0 Å². The lowest BCUT2D eigenvalue weighted by molar-refractivity contribution is 0.644. The summed E-state index contributed by atoms with van der Waals surface area (Å²) in [4.78, 5) is 12.1. The number of nitrogens with zero attached hydrogens (tertiary/aromatic N) is 3. The van der Waals surface area contributed by atoms with Gasteiger partial charge in [0.15, 0.2) is 0 Å². The minimum atomic E-state index is 0.264. The largest absolute Gasteiger partial charge is 0.368 e. The highest BCUT2D eigenvalue weighted by molar-refractivity contribution is 8.00. The van der Waals surface area contributed by atoms with E-state index in [0.717, 1.165) is 34.9 Å². The normalized spacial score (nSPS) is 19.3. The maximum absolute atomic E-state index is 5.81. The van der Waals surface area contributed by atoms with Crippen LogP contribution in [0.1, 0.15) is 13.8 Å². The summed E-state index contributed by atoms with van der Waals surface area (Å²) in [5.41, 5.74) is 5.81. The van der Waals surface area contributed by atoms with Gasteiger partial charge in [0.1, 0.15) is 10.6 Å². The first-order valence-electron chi connectivity index (χ1n) is 5.95. The molecule has 1 aliphatic rings. The van der Waals surface area contributed by atoms with Crippen LogP contribution in [0.15, 0.2) is 11.4 Å². The van der Waals surface area contributed by atoms with Crippen molar-refractivity contribution in [3.63, 3.8) is 0 Å². The van der Waals surface area contributed by atoms with Gasteiger partial charge in [-0.25, -0.2) is 4.98 Å². The second-order valence-corrected chi connectivity index (χ2v) is 7.77. The topological polar surface area (TPSA) is 55.0 Å². The van der Waals surface area contributed by atoms with E-state index in [2.05, 4.69) is 34.8 Å². The van der Waals surface area contributed by atoms with Crippen LogP contribution in [-0.2, 0) is 0 Å². The van der Waals surface area contributed by atoms with Gasteiger partial charge in [0, 0.05) is 23.6 Å². The molecule has 0 bridgehead atoms. The number of rotatable bonds is 1. The van der Waals surface area contributed by atoms with Crippen molar-refractivity contribution in [3.8, 4) is 0 Å². The summed E-state index contributed by atoms with van der Waals surface area (Å²) in [6, 6.07) is 2.09. The Balaban J connectivity index is 2.05. The molecule has 0 aliphatic carbocycles. The van der Waals surface area contributed by atoms with E-state index in [4.69, 9.17) is 5.73 Å². The standard InChI is InChI=1S/C12H16N4S2/c1-12(2)7-16(4-6-18-12)9-8-3-5-17-10(8)15-11(13)14-9/h3,5H,4,6-7H2,1-2H3,(H2,13,14,15). The van der Waals surface area contributed by atoms with E-state index >= 15 is 0 Å². The molecule has 0 unspecified atom stereocenters. The highest BCUT2D eigenvalue weighted by Crippen LogP contribution is 2.35. The first-order valence-corrected chi connectivity index (χ1v) is 7.81. The van der Waals surface area contributed by atoms with E-state index in [9.17, 15) is 0 Å². The number of aromatic nitrogens is 2. The van der Waals surface area contributed by atoms with Crippen LogP contribution in [0.2, 0.25) is 0 Å². The molecule has 2 N–H and O–H groups in total. The highest BCUT2D eigenvalue weighted by atomic mass is 32.2. The van der Waals surface area contributed by atoms with Crippen molar-refractivity contribution in [1.29, 1.82) is 0 Å². The Morgan fingerprint density at radius 3 is 3.00 bits per heavy atom. The lowest BCUT2D eigenvalue weighted by atomic mass is 10.2. The third-order valence-corrected chi connectivity index (χ3v) is 5.15. The number of hydrogen-bond donors (Lipinski definition) is 1. The maximum Gasteiger partial charge on any atom is 0.223 e. The first kappa shape index (κ1) is 12.0. The molecule has 0 amide bonds. The molecular weight excluding hydrogens is 264 g/mol. The van der Waals surface area contributed by atoms with E-state index in [0.29, 0.717) is 5.95 Å². The second-order valence-electron chi connectivity index (χ2n) is 5.07. The van der Waals surface area contributed by atoms with Crippen LogP contribution in [0.3, 0.4) is 0 Å². The molecule has 1 aliphatic heterocycles. The average Bonchev–Trinajstić information content (AvgIpc) is 2.74. The molecule has 2 aromatic heterocycles. The number of hydrogen-bond acceptors (Lipinski definition) is 6. The van der Waals surface area contributed by atoms with E-state index in [1.165, 1.54) is 0 Å². The molecule has 18 heavy (non-hydrogen) atoms.